The Balaban J connectivity index is 1.54. The van der Waals surface area contributed by atoms with Crippen LogP contribution in [0.15, 0.2) is 78.0 Å². The third-order valence-electron chi connectivity index (χ3n) is 6.48. The van der Waals surface area contributed by atoms with Crippen molar-refractivity contribution in [2.24, 2.45) is 4.99 Å². The fraction of sp³-hybridized carbons (Fsp3) is 0.207. The number of benzene rings is 3. The predicted molar refractivity (Wildman–Crippen MR) is 151 cm³/mol. The molecule has 2 heterocycles. The smallest absolute Gasteiger partial charge is 0.253 e. The highest BCUT2D eigenvalue weighted by molar-refractivity contribution is 6.31. The number of anilines is 1. The summed E-state index contributed by atoms with van der Waals surface area (Å²) in [5, 5.41) is 3.47. The third kappa shape index (κ3) is 5.27. The molecular weight excluding hydrogens is 500 g/mol. The van der Waals surface area contributed by atoms with Gasteiger partial charge in [0.15, 0.2) is 0 Å². The molecule has 1 aliphatic rings. The second kappa shape index (κ2) is 10.7. The van der Waals surface area contributed by atoms with Gasteiger partial charge in [0.05, 0.1) is 22.4 Å². The Kier molecular flexibility index (Phi) is 7.18. The van der Waals surface area contributed by atoms with E-state index in [0.29, 0.717) is 39.7 Å². The molecule has 2 amide bonds. The lowest BCUT2D eigenvalue weighted by molar-refractivity contribution is -0.115. The summed E-state index contributed by atoms with van der Waals surface area (Å²) >= 11 is 6.18. The van der Waals surface area contributed by atoms with Crippen molar-refractivity contribution in [2.75, 3.05) is 39.5 Å². The highest BCUT2D eigenvalue weighted by Crippen LogP contribution is 2.38. The Morgan fingerprint density at radius 1 is 0.921 bits per heavy atom. The highest BCUT2D eigenvalue weighted by Gasteiger charge is 2.35. The highest BCUT2D eigenvalue weighted by atomic mass is 35.5. The van der Waals surface area contributed by atoms with Gasteiger partial charge in [-0.2, -0.15) is 0 Å². The molecule has 0 spiro atoms. The number of likely N-dealkylation sites (N-methyl/N-ethyl adjacent to an activating group) is 2. The standard InChI is InChI=1S/C29H27ClN6O2/c1-35(2)14-15-36(3)29(38)18-4-8-21(9-5-18)33-27(19-6-11-23-25(16-19)32-13-12-31-23)26-22-10-7-20(30)17-24(22)34-28(26)37/h4-13,16-17,26H,14-15H2,1-3H3,(H,34,37). The molecule has 1 N–H and O–H groups in total. The largest absolute Gasteiger partial charge is 0.340 e. The molecule has 0 saturated carbocycles. The quantitative estimate of drug-likeness (QED) is 0.350. The SMILES string of the molecule is CN(C)CCN(C)C(=O)c1ccc(N=C(c2ccc3nccnc3c2)C2C(=O)Nc3cc(Cl)ccc32)cc1. The van der Waals surface area contributed by atoms with Gasteiger partial charge in [0.25, 0.3) is 5.91 Å². The molecule has 1 unspecified atom stereocenters. The first kappa shape index (κ1) is 25.5. The zero-order chi connectivity index (χ0) is 26.8. The summed E-state index contributed by atoms with van der Waals surface area (Å²) in [5.74, 6) is -0.888. The number of nitrogens with one attached hydrogen (secondary N) is 1. The fourth-order valence-corrected chi connectivity index (χ4v) is 4.59. The molecule has 0 fully saturated rings. The predicted octanol–water partition coefficient (Wildman–Crippen LogP) is 4.77. The lowest BCUT2D eigenvalue weighted by Crippen LogP contribution is -2.33. The number of carbonyl (C=O) groups is 2. The van der Waals surface area contributed by atoms with Gasteiger partial charge >= 0.3 is 0 Å². The molecule has 1 aromatic heterocycles. The second-order valence-corrected chi connectivity index (χ2v) is 9.92. The number of amides is 2. The Labute approximate surface area is 226 Å². The van der Waals surface area contributed by atoms with E-state index < -0.39 is 5.92 Å². The summed E-state index contributed by atoms with van der Waals surface area (Å²) in [5.41, 5.74) is 5.44. The van der Waals surface area contributed by atoms with Crippen LogP contribution in [0, 0.1) is 0 Å². The number of hydrogen-bond donors (Lipinski definition) is 1. The molecule has 192 valence electrons. The van der Waals surface area contributed by atoms with E-state index in [-0.39, 0.29) is 11.8 Å². The molecule has 0 aliphatic carbocycles. The van der Waals surface area contributed by atoms with Crippen LogP contribution in [0.5, 0.6) is 0 Å². The number of carbonyl (C=O) groups excluding carboxylic acids is 2. The van der Waals surface area contributed by atoms with Crippen LogP contribution in [0.2, 0.25) is 5.02 Å². The first-order valence-corrected chi connectivity index (χ1v) is 12.6. The lowest BCUT2D eigenvalue weighted by atomic mass is 9.90. The van der Waals surface area contributed by atoms with Crippen molar-refractivity contribution in [3.05, 3.63) is 94.8 Å². The van der Waals surface area contributed by atoms with Crippen LogP contribution in [-0.2, 0) is 4.79 Å². The molecule has 1 aliphatic heterocycles. The Bertz CT molecular complexity index is 1550. The maximum atomic E-state index is 13.2. The Morgan fingerprint density at radius 2 is 1.63 bits per heavy atom. The van der Waals surface area contributed by atoms with Gasteiger partial charge in [-0.15, -0.1) is 0 Å². The number of aromatic nitrogens is 2. The van der Waals surface area contributed by atoms with Crippen molar-refractivity contribution in [3.63, 3.8) is 0 Å². The number of hydrogen-bond acceptors (Lipinski definition) is 6. The maximum absolute atomic E-state index is 13.2. The summed E-state index contributed by atoms with van der Waals surface area (Å²) in [4.78, 5) is 43.5. The van der Waals surface area contributed by atoms with Crippen LogP contribution < -0.4 is 5.32 Å². The van der Waals surface area contributed by atoms with Crippen LogP contribution in [0.1, 0.15) is 27.4 Å². The van der Waals surface area contributed by atoms with Crippen molar-refractivity contribution < 1.29 is 9.59 Å². The molecule has 8 nitrogen and oxygen atoms in total. The van der Waals surface area contributed by atoms with E-state index in [1.807, 2.05) is 43.3 Å². The van der Waals surface area contributed by atoms with Crippen molar-refractivity contribution >= 4 is 51.5 Å². The van der Waals surface area contributed by atoms with Crippen LogP contribution in [-0.4, -0.2) is 71.5 Å². The normalized spacial score (nSPS) is 15.0. The maximum Gasteiger partial charge on any atom is 0.253 e. The zero-order valence-corrected chi connectivity index (χ0v) is 22.1. The monoisotopic (exact) mass is 526 g/mol. The molecule has 0 bridgehead atoms. The van der Waals surface area contributed by atoms with Gasteiger partial charge in [0.2, 0.25) is 5.91 Å². The van der Waals surface area contributed by atoms with E-state index in [4.69, 9.17) is 16.6 Å². The third-order valence-corrected chi connectivity index (χ3v) is 6.71. The summed E-state index contributed by atoms with van der Waals surface area (Å²) < 4.78 is 0. The molecule has 3 aromatic carbocycles. The number of aliphatic imine (C=N–C) groups is 1. The van der Waals surface area contributed by atoms with E-state index in [0.717, 1.165) is 23.2 Å². The molecule has 9 heteroatoms. The van der Waals surface area contributed by atoms with E-state index in [1.54, 1.807) is 60.7 Å². The van der Waals surface area contributed by atoms with Crippen molar-refractivity contribution in [1.29, 1.82) is 0 Å². The van der Waals surface area contributed by atoms with Gasteiger partial charge in [-0.3, -0.25) is 24.5 Å². The minimum absolute atomic E-state index is 0.0586. The van der Waals surface area contributed by atoms with Gasteiger partial charge < -0.3 is 15.1 Å². The van der Waals surface area contributed by atoms with Gasteiger partial charge in [-0.1, -0.05) is 23.7 Å². The molecule has 1 atom stereocenters. The van der Waals surface area contributed by atoms with Gasteiger partial charge in [0, 0.05) is 48.8 Å². The number of rotatable bonds is 7. The summed E-state index contributed by atoms with van der Waals surface area (Å²) in [6, 6.07) is 18.1. The van der Waals surface area contributed by atoms with Crippen molar-refractivity contribution in [3.8, 4) is 0 Å². The molecule has 0 radical (unpaired) electrons. The first-order valence-electron chi connectivity index (χ1n) is 12.2. The molecule has 38 heavy (non-hydrogen) atoms. The van der Waals surface area contributed by atoms with Crippen LogP contribution in [0.4, 0.5) is 11.4 Å². The van der Waals surface area contributed by atoms with Crippen LogP contribution in [0.25, 0.3) is 11.0 Å². The van der Waals surface area contributed by atoms with Gasteiger partial charge in [0.1, 0.15) is 5.92 Å². The van der Waals surface area contributed by atoms with Gasteiger partial charge in [-0.05, 0) is 73.8 Å². The zero-order valence-electron chi connectivity index (χ0n) is 21.4. The molecule has 0 saturated heterocycles. The number of fused-ring (bicyclic) bond motifs is 2. The van der Waals surface area contributed by atoms with E-state index in [1.165, 1.54) is 0 Å². The van der Waals surface area contributed by atoms with Crippen molar-refractivity contribution in [2.45, 2.75) is 5.92 Å². The van der Waals surface area contributed by atoms with Crippen LogP contribution >= 0.6 is 11.6 Å². The van der Waals surface area contributed by atoms with Crippen molar-refractivity contribution in [1.82, 2.24) is 19.8 Å². The lowest BCUT2D eigenvalue weighted by Gasteiger charge is -2.19. The van der Waals surface area contributed by atoms with E-state index >= 15 is 0 Å². The molecular formula is C29H27ClN6O2. The number of halogens is 1. The van der Waals surface area contributed by atoms with E-state index in [2.05, 4.69) is 15.3 Å². The summed E-state index contributed by atoms with van der Waals surface area (Å²) in [6.45, 7) is 1.40. The Hall–Kier alpha value is -4.14. The average molecular weight is 527 g/mol. The Morgan fingerprint density at radius 3 is 2.37 bits per heavy atom. The average Bonchev–Trinajstić information content (AvgIpc) is 3.24. The minimum atomic E-state index is -0.644. The molecule has 4 aromatic rings. The number of nitrogens with zero attached hydrogens (tertiary/aromatic N) is 5. The fourth-order valence-electron chi connectivity index (χ4n) is 4.41. The first-order chi connectivity index (χ1) is 18.3. The summed E-state index contributed by atoms with van der Waals surface area (Å²) in [7, 11) is 5.74. The van der Waals surface area contributed by atoms with Crippen LogP contribution in [0.3, 0.4) is 0 Å². The van der Waals surface area contributed by atoms with Gasteiger partial charge in [-0.25, -0.2) is 0 Å². The topological polar surface area (TPSA) is 90.8 Å². The second-order valence-electron chi connectivity index (χ2n) is 9.49. The summed E-state index contributed by atoms with van der Waals surface area (Å²) in [6.07, 6.45) is 3.27. The molecule has 5 rings (SSSR count). The minimum Gasteiger partial charge on any atom is -0.340 e. The van der Waals surface area contributed by atoms with E-state index in [9.17, 15) is 9.59 Å².